The van der Waals surface area contributed by atoms with Crippen LogP contribution in [0, 0.1) is 6.92 Å². The summed E-state index contributed by atoms with van der Waals surface area (Å²) in [4.78, 5) is 3.68. The third kappa shape index (κ3) is 2.34. The number of alkyl halides is 2. The first-order chi connectivity index (χ1) is 8.11. The number of anilines is 1. The normalized spacial score (nSPS) is 19.1. The SMILES string of the molecule is C=Cc1cc(N2C=NC(C(F)F)N2)ccc1C. The monoisotopic (exact) mass is 237 g/mol. The topological polar surface area (TPSA) is 27.6 Å². The van der Waals surface area contributed by atoms with E-state index in [4.69, 9.17) is 0 Å². The molecule has 0 saturated carbocycles. The van der Waals surface area contributed by atoms with Crippen LogP contribution < -0.4 is 10.4 Å². The maximum atomic E-state index is 12.4. The molecule has 0 saturated heterocycles. The Kier molecular flexibility index (Phi) is 3.19. The molecule has 0 aliphatic carbocycles. The minimum absolute atomic E-state index is 0.761. The highest BCUT2D eigenvalue weighted by Gasteiger charge is 2.25. The summed E-state index contributed by atoms with van der Waals surface area (Å²) < 4.78 is 24.8. The van der Waals surface area contributed by atoms with E-state index in [0.29, 0.717) is 0 Å². The molecule has 0 spiro atoms. The second-order valence-electron chi connectivity index (χ2n) is 3.79. The van der Waals surface area contributed by atoms with Gasteiger partial charge in [0.1, 0.15) is 6.34 Å². The molecule has 1 atom stereocenters. The van der Waals surface area contributed by atoms with E-state index >= 15 is 0 Å². The lowest BCUT2D eigenvalue weighted by Crippen LogP contribution is -2.40. The lowest BCUT2D eigenvalue weighted by Gasteiger charge is -2.18. The van der Waals surface area contributed by atoms with Crippen molar-refractivity contribution in [2.24, 2.45) is 4.99 Å². The fraction of sp³-hybridized carbons (Fsp3) is 0.250. The average molecular weight is 237 g/mol. The third-order valence-corrected chi connectivity index (χ3v) is 2.61. The second-order valence-corrected chi connectivity index (χ2v) is 3.79. The van der Waals surface area contributed by atoms with Crippen molar-refractivity contribution in [1.29, 1.82) is 0 Å². The van der Waals surface area contributed by atoms with Crippen molar-refractivity contribution in [3.05, 3.63) is 35.9 Å². The highest BCUT2D eigenvalue weighted by Crippen LogP contribution is 2.21. The van der Waals surface area contributed by atoms with Crippen LogP contribution in [0.2, 0.25) is 0 Å². The van der Waals surface area contributed by atoms with E-state index in [2.05, 4.69) is 17.0 Å². The van der Waals surface area contributed by atoms with Gasteiger partial charge < -0.3 is 0 Å². The summed E-state index contributed by atoms with van der Waals surface area (Å²) >= 11 is 0. The quantitative estimate of drug-likeness (QED) is 0.875. The fourth-order valence-electron chi connectivity index (χ4n) is 1.61. The number of hydrazine groups is 1. The molecule has 1 aromatic carbocycles. The summed E-state index contributed by atoms with van der Waals surface area (Å²) in [5.41, 5.74) is 5.42. The molecule has 17 heavy (non-hydrogen) atoms. The molecule has 90 valence electrons. The van der Waals surface area contributed by atoms with Crippen LogP contribution in [0.25, 0.3) is 6.08 Å². The van der Waals surface area contributed by atoms with Gasteiger partial charge in [-0.3, -0.25) is 5.01 Å². The summed E-state index contributed by atoms with van der Waals surface area (Å²) in [5, 5.41) is 1.49. The number of aliphatic imine (C=N–C) groups is 1. The van der Waals surface area contributed by atoms with Crippen molar-refractivity contribution >= 4 is 18.1 Å². The van der Waals surface area contributed by atoms with Crippen molar-refractivity contribution in [2.75, 3.05) is 5.01 Å². The molecule has 2 rings (SSSR count). The largest absolute Gasteiger partial charge is 0.275 e. The van der Waals surface area contributed by atoms with Crippen molar-refractivity contribution in [3.8, 4) is 0 Å². The number of hydrogen-bond acceptors (Lipinski definition) is 3. The number of rotatable bonds is 3. The summed E-state index contributed by atoms with van der Waals surface area (Å²) in [6.45, 7) is 5.68. The molecule has 3 nitrogen and oxygen atoms in total. The Bertz CT molecular complexity index is 457. The number of hydrogen-bond donors (Lipinski definition) is 1. The zero-order chi connectivity index (χ0) is 12.4. The first kappa shape index (κ1) is 11.7. The lowest BCUT2D eigenvalue weighted by atomic mass is 10.1. The molecule has 0 radical (unpaired) electrons. The van der Waals surface area contributed by atoms with Gasteiger partial charge in [-0.15, -0.1) is 0 Å². The molecular weight excluding hydrogens is 224 g/mol. The molecule has 1 aromatic rings. The van der Waals surface area contributed by atoms with Gasteiger partial charge in [0.2, 0.25) is 0 Å². The van der Waals surface area contributed by atoms with Gasteiger partial charge in [0.05, 0.1) is 5.69 Å². The maximum absolute atomic E-state index is 12.4. The van der Waals surface area contributed by atoms with E-state index in [0.717, 1.165) is 16.8 Å². The van der Waals surface area contributed by atoms with E-state index in [1.54, 1.807) is 6.08 Å². The standard InChI is InChI=1S/C12H13F2N3/c1-3-9-6-10(5-4-8(9)2)17-7-15-12(16-17)11(13)14/h3-7,11-12,16H,1H2,2H3. The van der Waals surface area contributed by atoms with E-state index in [9.17, 15) is 8.78 Å². The molecule has 0 bridgehead atoms. The Labute approximate surface area is 98.4 Å². The molecule has 1 heterocycles. The van der Waals surface area contributed by atoms with Crippen molar-refractivity contribution in [3.63, 3.8) is 0 Å². The molecule has 1 aliphatic heterocycles. The van der Waals surface area contributed by atoms with Crippen LogP contribution in [0.15, 0.2) is 29.8 Å². The fourth-order valence-corrected chi connectivity index (χ4v) is 1.61. The van der Waals surface area contributed by atoms with Crippen LogP contribution in [0.4, 0.5) is 14.5 Å². The van der Waals surface area contributed by atoms with Crippen LogP contribution >= 0.6 is 0 Å². The van der Waals surface area contributed by atoms with Crippen LogP contribution in [-0.2, 0) is 0 Å². The first-order valence-electron chi connectivity index (χ1n) is 5.22. The number of nitrogens with one attached hydrogen (secondary N) is 1. The Morgan fingerprint density at radius 2 is 2.29 bits per heavy atom. The van der Waals surface area contributed by atoms with E-state index < -0.39 is 12.6 Å². The van der Waals surface area contributed by atoms with Gasteiger partial charge in [0, 0.05) is 0 Å². The Balaban J connectivity index is 2.20. The highest BCUT2D eigenvalue weighted by molar-refractivity contribution is 5.81. The lowest BCUT2D eigenvalue weighted by molar-refractivity contribution is 0.107. The summed E-state index contributed by atoms with van der Waals surface area (Å²) in [6, 6.07) is 5.63. The maximum Gasteiger partial charge on any atom is 0.275 e. The van der Waals surface area contributed by atoms with Gasteiger partial charge in [-0.1, -0.05) is 18.7 Å². The van der Waals surface area contributed by atoms with Gasteiger partial charge >= 0.3 is 0 Å². The van der Waals surface area contributed by atoms with Crippen LogP contribution in [0.5, 0.6) is 0 Å². The number of halogens is 2. The molecule has 1 N–H and O–H groups in total. The molecular formula is C12H13F2N3. The minimum atomic E-state index is -2.51. The van der Waals surface area contributed by atoms with Crippen LogP contribution in [0.1, 0.15) is 11.1 Å². The number of aryl methyl sites for hydroxylation is 1. The van der Waals surface area contributed by atoms with Crippen molar-refractivity contribution < 1.29 is 8.78 Å². The average Bonchev–Trinajstić information content (AvgIpc) is 2.79. The first-order valence-corrected chi connectivity index (χ1v) is 5.22. The summed E-state index contributed by atoms with van der Waals surface area (Å²) in [5.74, 6) is 0. The van der Waals surface area contributed by atoms with E-state index in [1.807, 2.05) is 25.1 Å². The van der Waals surface area contributed by atoms with E-state index in [-0.39, 0.29) is 0 Å². The molecule has 0 amide bonds. The predicted octanol–water partition coefficient (Wildman–Crippen LogP) is 2.58. The van der Waals surface area contributed by atoms with Crippen LogP contribution in [0.3, 0.4) is 0 Å². The Morgan fingerprint density at radius 1 is 1.53 bits per heavy atom. The van der Waals surface area contributed by atoms with Gasteiger partial charge in [-0.05, 0) is 30.2 Å². The molecule has 0 fully saturated rings. The molecule has 0 aromatic heterocycles. The minimum Gasteiger partial charge on any atom is -0.264 e. The zero-order valence-electron chi connectivity index (χ0n) is 9.40. The Hall–Kier alpha value is -1.75. The predicted molar refractivity (Wildman–Crippen MR) is 65.2 cm³/mol. The van der Waals surface area contributed by atoms with Gasteiger partial charge in [0.25, 0.3) is 6.43 Å². The third-order valence-electron chi connectivity index (χ3n) is 2.61. The smallest absolute Gasteiger partial charge is 0.264 e. The Morgan fingerprint density at radius 3 is 2.88 bits per heavy atom. The number of nitrogens with zero attached hydrogens (tertiary/aromatic N) is 2. The number of benzene rings is 1. The van der Waals surface area contributed by atoms with Gasteiger partial charge in [-0.25, -0.2) is 13.8 Å². The van der Waals surface area contributed by atoms with Crippen LogP contribution in [-0.4, -0.2) is 18.9 Å². The van der Waals surface area contributed by atoms with Crippen molar-refractivity contribution in [1.82, 2.24) is 5.43 Å². The zero-order valence-corrected chi connectivity index (χ0v) is 9.40. The summed E-state index contributed by atoms with van der Waals surface area (Å²) in [7, 11) is 0. The van der Waals surface area contributed by atoms with Gasteiger partial charge in [0.15, 0.2) is 6.17 Å². The summed E-state index contributed by atoms with van der Waals surface area (Å²) in [6.07, 6.45) is -0.575. The van der Waals surface area contributed by atoms with Gasteiger partial charge in [-0.2, -0.15) is 5.43 Å². The van der Waals surface area contributed by atoms with E-state index in [1.165, 1.54) is 11.3 Å². The van der Waals surface area contributed by atoms with Crippen molar-refractivity contribution in [2.45, 2.75) is 19.5 Å². The molecule has 5 heteroatoms. The molecule has 1 aliphatic rings. The second kappa shape index (κ2) is 4.63. The highest BCUT2D eigenvalue weighted by atomic mass is 19.3. The molecule has 1 unspecified atom stereocenters.